The van der Waals surface area contributed by atoms with Crippen molar-refractivity contribution in [2.24, 2.45) is 5.92 Å². The highest BCUT2D eigenvalue weighted by atomic mass is 19.1. The van der Waals surface area contributed by atoms with Crippen LogP contribution in [0.15, 0.2) is 42.5 Å². The van der Waals surface area contributed by atoms with Gasteiger partial charge < -0.3 is 15.0 Å². The first-order valence-electron chi connectivity index (χ1n) is 8.08. The Morgan fingerprint density at radius 1 is 1.30 bits per heavy atom. The lowest BCUT2D eigenvalue weighted by Gasteiger charge is -2.17. The van der Waals surface area contributed by atoms with Gasteiger partial charge >= 0.3 is 0 Å². The normalized spacial score (nSPS) is 16.3. The first-order valence-corrected chi connectivity index (χ1v) is 8.08. The van der Waals surface area contributed by atoms with Crippen molar-refractivity contribution in [2.45, 2.75) is 6.42 Å². The minimum absolute atomic E-state index is 0.0124. The van der Waals surface area contributed by atoms with E-state index in [1.54, 1.807) is 0 Å². The van der Waals surface area contributed by atoms with Crippen molar-refractivity contribution >= 4 is 28.9 Å². The average Bonchev–Trinajstić information content (AvgIpc) is 3.04. The van der Waals surface area contributed by atoms with Gasteiger partial charge in [-0.3, -0.25) is 19.7 Å². The quantitative estimate of drug-likeness (QED) is 0.641. The van der Waals surface area contributed by atoms with E-state index < -0.39 is 22.6 Å². The van der Waals surface area contributed by atoms with Crippen LogP contribution in [0.4, 0.5) is 21.5 Å². The average molecular weight is 373 g/mol. The molecule has 1 aliphatic heterocycles. The number of carbonyl (C=O) groups excluding carboxylic acids is 2. The summed E-state index contributed by atoms with van der Waals surface area (Å²) in [5.74, 6) is -1.51. The maximum atomic E-state index is 13.0. The summed E-state index contributed by atoms with van der Waals surface area (Å²) in [7, 11) is 1.34. The van der Waals surface area contributed by atoms with E-state index in [2.05, 4.69) is 5.32 Å². The number of hydrogen-bond donors (Lipinski definition) is 1. The van der Waals surface area contributed by atoms with Gasteiger partial charge in [-0.25, -0.2) is 4.39 Å². The van der Waals surface area contributed by atoms with Gasteiger partial charge in [0.2, 0.25) is 11.8 Å². The molecule has 1 fully saturated rings. The van der Waals surface area contributed by atoms with Crippen LogP contribution in [0.1, 0.15) is 6.42 Å². The minimum atomic E-state index is -0.609. The van der Waals surface area contributed by atoms with Crippen molar-refractivity contribution in [1.29, 1.82) is 0 Å². The Morgan fingerprint density at radius 2 is 2.00 bits per heavy atom. The Labute approximate surface area is 153 Å². The summed E-state index contributed by atoms with van der Waals surface area (Å²) in [5, 5.41) is 13.5. The third-order valence-corrected chi connectivity index (χ3v) is 4.29. The van der Waals surface area contributed by atoms with E-state index in [-0.39, 0.29) is 36.0 Å². The van der Waals surface area contributed by atoms with Gasteiger partial charge in [0.15, 0.2) is 0 Å². The van der Waals surface area contributed by atoms with Gasteiger partial charge in [0.1, 0.15) is 11.6 Å². The zero-order valence-electron chi connectivity index (χ0n) is 14.3. The lowest BCUT2D eigenvalue weighted by molar-refractivity contribution is -0.384. The number of ether oxygens (including phenoxy) is 1. The van der Waals surface area contributed by atoms with E-state index in [0.717, 1.165) is 0 Å². The molecule has 9 heteroatoms. The number of methoxy groups -OCH3 is 1. The van der Waals surface area contributed by atoms with E-state index in [4.69, 9.17) is 4.74 Å². The van der Waals surface area contributed by atoms with Crippen molar-refractivity contribution < 1.29 is 23.6 Å². The van der Waals surface area contributed by atoms with E-state index in [1.807, 2.05) is 0 Å². The van der Waals surface area contributed by atoms with Gasteiger partial charge in [0, 0.05) is 24.7 Å². The standard InChI is InChI=1S/C18H16FN3O5/c1-27-16-9-14(22(25)26)6-7-15(16)20-18(24)11-8-17(23)21(10-11)13-4-2-12(19)3-5-13/h2-7,9,11H,8,10H2,1H3,(H,20,24)/t11-/m1/s1. The molecule has 2 aromatic carbocycles. The summed E-state index contributed by atoms with van der Waals surface area (Å²) in [6.45, 7) is 0.158. The SMILES string of the molecule is COc1cc([N+](=O)[O-])ccc1NC(=O)[C@@H]1CC(=O)N(c2ccc(F)cc2)C1. The van der Waals surface area contributed by atoms with Gasteiger partial charge in [-0.2, -0.15) is 0 Å². The van der Waals surface area contributed by atoms with Crippen LogP contribution < -0.4 is 15.0 Å². The summed E-state index contributed by atoms with van der Waals surface area (Å²) in [5.41, 5.74) is 0.633. The van der Waals surface area contributed by atoms with Crippen molar-refractivity contribution in [1.82, 2.24) is 0 Å². The number of non-ortho nitro benzene ring substituents is 1. The van der Waals surface area contributed by atoms with Crippen LogP contribution in [0.3, 0.4) is 0 Å². The maximum Gasteiger partial charge on any atom is 0.273 e. The highest BCUT2D eigenvalue weighted by molar-refractivity contribution is 6.04. The third kappa shape index (κ3) is 3.86. The Kier molecular flexibility index (Phi) is 5.02. The highest BCUT2D eigenvalue weighted by Crippen LogP contribution is 2.31. The van der Waals surface area contributed by atoms with Gasteiger partial charge in [-0.05, 0) is 30.3 Å². The van der Waals surface area contributed by atoms with Crippen LogP contribution in [-0.2, 0) is 9.59 Å². The van der Waals surface area contributed by atoms with Crippen LogP contribution in [-0.4, -0.2) is 30.4 Å². The van der Waals surface area contributed by atoms with Crippen LogP contribution >= 0.6 is 0 Å². The molecule has 0 radical (unpaired) electrons. The van der Waals surface area contributed by atoms with Crippen LogP contribution in [0.5, 0.6) is 5.75 Å². The number of nitro groups is 1. The predicted molar refractivity (Wildman–Crippen MR) is 95.1 cm³/mol. The Hall–Kier alpha value is -3.49. The molecule has 3 rings (SSSR count). The molecule has 1 saturated heterocycles. The van der Waals surface area contributed by atoms with Gasteiger partial charge in [-0.15, -0.1) is 0 Å². The van der Waals surface area contributed by atoms with Crippen LogP contribution in [0.2, 0.25) is 0 Å². The molecular weight excluding hydrogens is 357 g/mol. The second-order valence-electron chi connectivity index (χ2n) is 6.01. The fourth-order valence-corrected chi connectivity index (χ4v) is 2.89. The summed E-state index contributed by atoms with van der Waals surface area (Å²) in [6, 6.07) is 9.29. The summed E-state index contributed by atoms with van der Waals surface area (Å²) in [6.07, 6.45) is 0.0124. The number of benzene rings is 2. The van der Waals surface area contributed by atoms with E-state index in [1.165, 1.54) is 54.5 Å². The second kappa shape index (κ2) is 7.40. The van der Waals surface area contributed by atoms with Crippen molar-refractivity contribution in [3.63, 3.8) is 0 Å². The van der Waals surface area contributed by atoms with Gasteiger partial charge in [0.25, 0.3) is 5.69 Å². The molecular formula is C18H16FN3O5. The topological polar surface area (TPSA) is 102 Å². The van der Waals surface area contributed by atoms with E-state index in [0.29, 0.717) is 5.69 Å². The monoisotopic (exact) mass is 373 g/mol. The van der Waals surface area contributed by atoms with Gasteiger partial charge in [-0.1, -0.05) is 0 Å². The molecule has 1 N–H and O–H groups in total. The number of rotatable bonds is 5. The van der Waals surface area contributed by atoms with Crippen molar-refractivity contribution in [3.05, 3.63) is 58.4 Å². The molecule has 1 heterocycles. The van der Waals surface area contributed by atoms with Crippen LogP contribution in [0.25, 0.3) is 0 Å². The summed E-state index contributed by atoms with van der Waals surface area (Å²) in [4.78, 5) is 36.5. The molecule has 0 aliphatic carbocycles. The zero-order chi connectivity index (χ0) is 19.6. The Bertz CT molecular complexity index is 900. The molecule has 2 amide bonds. The molecule has 8 nitrogen and oxygen atoms in total. The maximum absolute atomic E-state index is 13.0. The molecule has 140 valence electrons. The van der Waals surface area contributed by atoms with Crippen LogP contribution in [0, 0.1) is 21.8 Å². The first-order chi connectivity index (χ1) is 12.9. The number of nitrogens with zero attached hydrogens (tertiary/aromatic N) is 2. The fraction of sp³-hybridized carbons (Fsp3) is 0.222. The largest absolute Gasteiger partial charge is 0.494 e. The second-order valence-corrected chi connectivity index (χ2v) is 6.01. The molecule has 1 aliphatic rings. The Balaban J connectivity index is 1.73. The minimum Gasteiger partial charge on any atom is -0.494 e. The number of nitrogens with one attached hydrogen (secondary N) is 1. The first kappa shape index (κ1) is 18.3. The number of anilines is 2. The number of halogens is 1. The lowest BCUT2D eigenvalue weighted by Crippen LogP contribution is -2.28. The van der Waals surface area contributed by atoms with E-state index >= 15 is 0 Å². The lowest BCUT2D eigenvalue weighted by atomic mass is 10.1. The number of nitro benzene ring substituents is 1. The molecule has 27 heavy (non-hydrogen) atoms. The molecule has 2 aromatic rings. The molecule has 0 unspecified atom stereocenters. The zero-order valence-corrected chi connectivity index (χ0v) is 14.3. The fourth-order valence-electron chi connectivity index (χ4n) is 2.89. The highest BCUT2D eigenvalue weighted by Gasteiger charge is 2.35. The number of amides is 2. The molecule has 0 bridgehead atoms. The molecule has 0 spiro atoms. The molecule has 0 aromatic heterocycles. The smallest absolute Gasteiger partial charge is 0.273 e. The van der Waals surface area contributed by atoms with Crippen molar-refractivity contribution in [3.8, 4) is 5.75 Å². The number of carbonyl (C=O) groups is 2. The molecule has 1 atom stereocenters. The summed E-state index contributed by atoms with van der Waals surface area (Å²) < 4.78 is 18.1. The Morgan fingerprint density at radius 3 is 2.63 bits per heavy atom. The predicted octanol–water partition coefficient (Wildman–Crippen LogP) is 2.73. The number of hydrogen-bond acceptors (Lipinski definition) is 5. The third-order valence-electron chi connectivity index (χ3n) is 4.29. The molecule has 0 saturated carbocycles. The van der Waals surface area contributed by atoms with Gasteiger partial charge in [0.05, 0.1) is 29.7 Å². The van der Waals surface area contributed by atoms with Crippen molar-refractivity contribution in [2.75, 3.05) is 23.9 Å². The van der Waals surface area contributed by atoms with E-state index in [9.17, 15) is 24.1 Å². The summed E-state index contributed by atoms with van der Waals surface area (Å²) >= 11 is 0.